The summed E-state index contributed by atoms with van der Waals surface area (Å²) >= 11 is 0. The van der Waals surface area contributed by atoms with Crippen LogP contribution in [0.25, 0.3) is 0 Å². The van der Waals surface area contributed by atoms with E-state index < -0.39 is 16.4 Å². The van der Waals surface area contributed by atoms with Gasteiger partial charge in [0.15, 0.2) is 14.4 Å². The van der Waals surface area contributed by atoms with Crippen molar-refractivity contribution < 1.29 is 9.16 Å². The zero-order valence-corrected chi connectivity index (χ0v) is 19.3. The summed E-state index contributed by atoms with van der Waals surface area (Å²) in [6.07, 6.45) is 5.16. The molecule has 2 rings (SSSR count). The Morgan fingerprint density at radius 1 is 1.24 bits per heavy atom. The van der Waals surface area contributed by atoms with Crippen LogP contribution in [0.1, 0.15) is 40.0 Å². The molecule has 1 spiro atoms. The van der Waals surface area contributed by atoms with Gasteiger partial charge in [-0.15, -0.1) is 5.54 Å². The molecule has 2 nitrogen and oxygen atoms in total. The maximum atomic E-state index is 6.19. The summed E-state index contributed by atoms with van der Waals surface area (Å²) in [7, 11) is -3.01. The molecular formula is C21H34O2Si2. The Hall–Kier alpha value is -0.786. The molecule has 138 valence electrons. The van der Waals surface area contributed by atoms with E-state index in [9.17, 15) is 0 Å². The Bertz CT molecular complexity index is 656. The Morgan fingerprint density at radius 2 is 1.92 bits per heavy atom. The molecule has 0 N–H and O–H groups in total. The predicted octanol–water partition coefficient (Wildman–Crippen LogP) is 5.14. The van der Waals surface area contributed by atoms with Crippen molar-refractivity contribution in [3.8, 4) is 23.3 Å². The van der Waals surface area contributed by atoms with Crippen LogP contribution in [0.2, 0.25) is 37.8 Å². The van der Waals surface area contributed by atoms with Gasteiger partial charge in [-0.1, -0.05) is 64.2 Å². The average molecular weight is 375 g/mol. The van der Waals surface area contributed by atoms with Gasteiger partial charge in [-0.3, -0.25) is 0 Å². The number of ether oxygens (including phenoxy) is 1. The van der Waals surface area contributed by atoms with Crippen LogP contribution in [0.4, 0.5) is 0 Å². The molecule has 0 unspecified atom stereocenters. The van der Waals surface area contributed by atoms with Crippen molar-refractivity contribution in [2.45, 2.75) is 89.5 Å². The smallest absolute Gasteiger partial charge is 0.192 e. The highest BCUT2D eigenvalue weighted by atomic mass is 28.4. The first-order valence-electron chi connectivity index (χ1n) is 9.41. The lowest BCUT2D eigenvalue weighted by atomic mass is 9.98. The summed E-state index contributed by atoms with van der Waals surface area (Å²) < 4.78 is 12.2. The maximum absolute atomic E-state index is 6.19. The van der Waals surface area contributed by atoms with Gasteiger partial charge in [0.25, 0.3) is 0 Å². The van der Waals surface area contributed by atoms with Crippen LogP contribution in [0.3, 0.4) is 0 Å². The van der Waals surface area contributed by atoms with Gasteiger partial charge in [0.1, 0.15) is 13.7 Å². The van der Waals surface area contributed by atoms with E-state index in [-0.39, 0.29) is 16.7 Å². The van der Waals surface area contributed by atoms with Crippen molar-refractivity contribution in [3.05, 3.63) is 11.6 Å². The molecule has 1 fully saturated rings. The molecule has 25 heavy (non-hydrogen) atoms. The number of allylic oxidation sites excluding steroid dienone is 1. The van der Waals surface area contributed by atoms with E-state index in [0.717, 1.165) is 31.4 Å². The fourth-order valence-electron chi connectivity index (χ4n) is 2.63. The second kappa shape index (κ2) is 7.08. The van der Waals surface area contributed by atoms with E-state index in [1.54, 1.807) is 0 Å². The molecule has 0 saturated carbocycles. The van der Waals surface area contributed by atoms with Crippen molar-refractivity contribution in [2.24, 2.45) is 0 Å². The summed E-state index contributed by atoms with van der Waals surface area (Å²) in [5.74, 6) is 10.0. The van der Waals surface area contributed by atoms with Crippen LogP contribution in [-0.4, -0.2) is 34.7 Å². The molecule has 0 aromatic rings. The highest BCUT2D eigenvalue weighted by Crippen LogP contribution is 2.50. The molecular weight excluding hydrogens is 340 g/mol. The van der Waals surface area contributed by atoms with Crippen LogP contribution in [-0.2, 0) is 9.16 Å². The quantitative estimate of drug-likeness (QED) is 0.295. The lowest BCUT2D eigenvalue weighted by Gasteiger charge is -2.35. The van der Waals surface area contributed by atoms with E-state index in [2.05, 4.69) is 82.9 Å². The molecule has 1 aliphatic heterocycles. The molecule has 1 saturated heterocycles. The second-order valence-corrected chi connectivity index (χ2v) is 19.3. The first-order chi connectivity index (χ1) is 11.4. The molecule has 2 aliphatic rings. The first-order valence-corrected chi connectivity index (χ1v) is 15.8. The molecule has 2 atom stereocenters. The van der Waals surface area contributed by atoms with Crippen molar-refractivity contribution in [2.75, 3.05) is 6.61 Å². The second-order valence-electron chi connectivity index (χ2n) is 9.72. The minimum atomic E-state index is -1.66. The minimum absolute atomic E-state index is 0.0609. The summed E-state index contributed by atoms with van der Waals surface area (Å²) in [6.45, 7) is 18.9. The normalized spacial score (nSPS) is 25.8. The Morgan fingerprint density at radius 3 is 2.52 bits per heavy atom. The standard InChI is InChI=1S/C21H34O2Si2/c1-20(2,3)25(7,8)22-16-10-9-12-18-13-11-15-21(18)19(23-21)14-17-24(4,5)6/h13,19H,10-11,15-16H2,1-8H3/t19-,21+/m0/s1. The summed E-state index contributed by atoms with van der Waals surface area (Å²) in [4.78, 5) is 0. The van der Waals surface area contributed by atoms with Crippen molar-refractivity contribution >= 4 is 16.4 Å². The van der Waals surface area contributed by atoms with Gasteiger partial charge in [-0.25, -0.2) is 0 Å². The molecule has 1 aliphatic carbocycles. The van der Waals surface area contributed by atoms with Crippen LogP contribution in [0.5, 0.6) is 0 Å². The van der Waals surface area contributed by atoms with E-state index >= 15 is 0 Å². The maximum Gasteiger partial charge on any atom is 0.192 e. The summed E-state index contributed by atoms with van der Waals surface area (Å²) in [5, 5.41) is 0.253. The minimum Gasteiger partial charge on any atom is -0.416 e. The number of hydrogen-bond acceptors (Lipinski definition) is 2. The fourth-order valence-corrected chi connectivity index (χ4v) is 4.24. The van der Waals surface area contributed by atoms with Gasteiger partial charge in [-0.05, 0) is 31.0 Å². The first kappa shape index (κ1) is 20.5. The van der Waals surface area contributed by atoms with Gasteiger partial charge in [0.2, 0.25) is 0 Å². The number of hydrogen-bond donors (Lipinski definition) is 0. The third kappa shape index (κ3) is 5.11. The lowest BCUT2D eigenvalue weighted by molar-refractivity contribution is 0.296. The zero-order valence-electron chi connectivity index (χ0n) is 17.3. The Balaban J connectivity index is 1.88. The molecule has 4 heteroatoms. The molecule has 0 aromatic carbocycles. The van der Waals surface area contributed by atoms with Crippen LogP contribution in [0.15, 0.2) is 11.6 Å². The van der Waals surface area contributed by atoms with E-state index in [1.165, 1.54) is 0 Å². The van der Waals surface area contributed by atoms with Gasteiger partial charge in [0, 0.05) is 18.6 Å². The molecule has 0 aromatic heterocycles. The highest BCUT2D eigenvalue weighted by Gasteiger charge is 2.59. The summed E-state index contributed by atoms with van der Waals surface area (Å²) in [6, 6.07) is 0. The molecule has 1 heterocycles. The largest absolute Gasteiger partial charge is 0.416 e. The van der Waals surface area contributed by atoms with E-state index in [1.807, 2.05) is 0 Å². The van der Waals surface area contributed by atoms with Crippen molar-refractivity contribution in [3.63, 3.8) is 0 Å². The molecule has 0 bridgehead atoms. The lowest BCUT2D eigenvalue weighted by Crippen LogP contribution is -2.40. The van der Waals surface area contributed by atoms with Crippen LogP contribution >= 0.6 is 0 Å². The monoisotopic (exact) mass is 374 g/mol. The molecule has 0 amide bonds. The van der Waals surface area contributed by atoms with Gasteiger partial charge in [0.05, 0.1) is 0 Å². The van der Waals surface area contributed by atoms with Crippen LogP contribution < -0.4 is 0 Å². The predicted molar refractivity (Wildman–Crippen MR) is 112 cm³/mol. The van der Waals surface area contributed by atoms with Gasteiger partial charge >= 0.3 is 0 Å². The highest BCUT2D eigenvalue weighted by molar-refractivity contribution is 6.83. The molecule has 0 radical (unpaired) electrons. The summed E-state index contributed by atoms with van der Waals surface area (Å²) in [5.41, 5.74) is 4.40. The Kier molecular flexibility index (Phi) is 5.82. The van der Waals surface area contributed by atoms with Gasteiger partial charge in [-0.2, -0.15) is 0 Å². The Labute approximate surface area is 156 Å². The van der Waals surface area contributed by atoms with Crippen molar-refractivity contribution in [1.82, 2.24) is 0 Å². The van der Waals surface area contributed by atoms with E-state index in [4.69, 9.17) is 9.16 Å². The van der Waals surface area contributed by atoms with Crippen molar-refractivity contribution in [1.29, 1.82) is 0 Å². The topological polar surface area (TPSA) is 21.8 Å². The SMILES string of the molecule is CC(C)(C)[Si](C)(C)OCCC#CC1=CCC[C@@]12O[C@H]2C#C[Si](C)(C)C. The van der Waals surface area contributed by atoms with Gasteiger partial charge < -0.3 is 9.16 Å². The van der Waals surface area contributed by atoms with E-state index in [0.29, 0.717) is 0 Å². The zero-order chi connectivity index (χ0) is 18.9. The average Bonchev–Trinajstić information content (AvgIpc) is 3.00. The third-order valence-corrected chi connectivity index (χ3v) is 10.7. The van der Waals surface area contributed by atoms with Crippen LogP contribution in [0, 0.1) is 23.3 Å². The number of rotatable bonds is 3. The third-order valence-electron chi connectivity index (χ3n) is 5.31. The fraction of sp³-hybridized carbons (Fsp3) is 0.714. The number of epoxide rings is 1.